The number of amides is 1. The third kappa shape index (κ3) is 4.57. The quantitative estimate of drug-likeness (QED) is 0.742. The van der Waals surface area contributed by atoms with Gasteiger partial charge < -0.3 is 19.2 Å². The Morgan fingerprint density at radius 3 is 2.76 bits per heavy atom. The van der Waals surface area contributed by atoms with Crippen LogP contribution in [0.25, 0.3) is 11.5 Å². The van der Waals surface area contributed by atoms with Crippen molar-refractivity contribution in [1.82, 2.24) is 15.5 Å². The maximum Gasteiger partial charge on any atom is 0.407 e. The SMILES string of the molecule is COc1cccc(-c2nnc(CNC(=O)OCc3ccccc3)o2)c1. The Balaban J connectivity index is 1.52. The molecule has 0 aliphatic rings. The highest BCUT2D eigenvalue weighted by Gasteiger charge is 2.11. The van der Waals surface area contributed by atoms with Crippen molar-refractivity contribution in [2.75, 3.05) is 7.11 Å². The zero-order valence-corrected chi connectivity index (χ0v) is 13.6. The summed E-state index contributed by atoms with van der Waals surface area (Å²) >= 11 is 0. The highest BCUT2D eigenvalue weighted by Crippen LogP contribution is 2.22. The molecule has 25 heavy (non-hydrogen) atoms. The van der Waals surface area contributed by atoms with Crippen LogP contribution >= 0.6 is 0 Å². The minimum absolute atomic E-state index is 0.0879. The van der Waals surface area contributed by atoms with Gasteiger partial charge in [0.05, 0.1) is 13.7 Å². The summed E-state index contributed by atoms with van der Waals surface area (Å²) < 4.78 is 15.8. The normalized spacial score (nSPS) is 10.3. The second kappa shape index (κ2) is 7.96. The molecular weight excluding hydrogens is 322 g/mol. The van der Waals surface area contributed by atoms with Crippen molar-refractivity contribution in [2.24, 2.45) is 0 Å². The lowest BCUT2D eigenvalue weighted by Crippen LogP contribution is -2.23. The van der Waals surface area contributed by atoms with Crippen molar-refractivity contribution in [1.29, 1.82) is 0 Å². The van der Waals surface area contributed by atoms with Gasteiger partial charge in [0.25, 0.3) is 0 Å². The van der Waals surface area contributed by atoms with Crippen molar-refractivity contribution in [3.05, 3.63) is 66.1 Å². The number of rotatable bonds is 6. The maximum absolute atomic E-state index is 11.7. The predicted molar refractivity (Wildman–Crippen MR) is 89.8 cm³/mol. The first-order chi connectivity index (χ1) is 12.2. The second-order valence-electron chi connectivity index (χ2n) is 5.15. The number of carbonyl (C=O) groups is 1. The first kappa shape index (κ1) is 16.5. The van der Waals surface area contributed by atoms with E-state index in [1.165, 1.54) is 0 Å². The summed E-state index contributed by atoms with van der Waals surface area (Å²) in [5.74, 6) is 1.34. The van der Waals surface area contributed by atoms with E-state index in [0.717, 1.165) is 11.1 Å². The molecule has 0 aliphatic carbocycles. The number of carbonyl (C=O) groups excluding carboxylic acids is 1. The average molecular weight is 339 g/mol. The van der Waals surface area contributed by atoms with Gasteiger partial charge in [0.15, 0.2) is 0 Å². The van der Waals surface area contributed by atoms with E-state index in [2.05, 4.69) is 15.5 Å². The van der Waals surface area contributed by atoms with Gasteiger partial charge in [-0.05, 0) is 23.8 Å². The fourth-order valence-corrected chi connectivity index (χ4v) is 2.12. The van der Waals surface area contributed by atoms with Crippen molar-refractivity contribution < 1.29 is 18.7 Å². The summed E-state index contributed by atoms with van der Waals surface area (Å²) in [6.07, 6.45) is -0.551. The van der Waals surface area contributed by atoms with E-state index in [1.54, 1.807) is 13.2 Å². The van der Waals surface area contributed by atoms with E-state index in [0.29, 0.717) is 11.6 Å². The summed E-state index contributed by atoms with van der Waals surface area (Å²) in [5, 5.41) is 10.5. The molecule has 0 fully saturated rings. The molecule has 1 heterocycles. The molecule has 1 aromatic heterocycles. The molecule has 2 aromatic carbocycles. The Morgan fingerprint density at radius 2 is 1.96 bits per heavy atom. The number of alkyl carbamates (subject to hydrolysis) is 1. The van der Waals surface area contributed by atoms with E-state index >= 15 is 0 Å². The number of hydrogen-bond acceptors (Lipinski definition) is 6. The summed E-state index contributed by atoms with van der Waals surface area (Å²) in [7, 11) is 1.59. The summed E-state index contributed by atoms with van der Waals surface area (Å²) in [5.41, 5.74) is 1.65. The summed E-state index contributed by atoms with van der Waals surface area (Å²) in [4.78, 5) is 11.7. The molecule has 1 N–H and O–H groups in total. The molecule has 0 radical (unpaired) electrons. The lowest BCUT2D eigenvalue weighted by atomic mass is 10.2. The van der Waals surface area contributed by atoms with Crippen LogP contribution in [-0.2, 0) is 17.9 Å². The van der Waals surface area contributed by atoms with Crippen LogP contribution in [0.1, 0.15) is 11.5 Å². The predicted octanol–water partition coefficient (Wildman–Crippen LogP) is 3.17. The third-order valence-electron chi connectivity index (χ3n) is 3.38. The number of benzene rings is 2. The third-order valence-corrected chi connectivity index (χ3v) is 3.38. The smallest absolute Gasteiger partial charge is 0.407 e. The van der Waals surface area contributed by atoms with Crippen LogP contribution in [0.2, 0.25) is 0 Å². The van der Waals surface area contributed by atoms with Crippen LogP contribution in [-0.4, -0.2) is 23.4 Å². The monoisotopic (exact) mass is 339 g/mol. The number of aromatic nitrogens is 2. The molecule has 7 nitrogen and oxygen atoms in total. The van der Waals surface area contributed by atoms with Gasteiger partial charge in [0.1, 0.15) is 12.4 Å². The maximum atomic E-state index is 11.7. The molecule has 0 saturated carbocycles. The molecule has 3 aromatic rings. The van der Waals surface area contributed by atoms with E-state index in [1.807, 2.05) is 48.5 Å². The molecule has 0 atom stereocenters. The van der Waals surface area contributed by atoms with Crippen LogP contribution in [0.4, 0.5) is 4.79 Å². The number of hydrogen-bond donors (Lipinski definition) is 1. The highest BCUT2D eigenvalue weighted by molar-refractivity contribution is 5.67. The Hall–Kier alpha value is -3.35. The van der Waals surface area contributed by atoms with E-state index in [-0.39, 0.29) is 19.0 Å². The Bertz CT molecular complexity index is 833. The van der Waals surface area contributed by atoms with Crippen LogP contribution in [0.3, 0.4) is 0 Å². The largest absolute Gasteiger partial charge is 0.497 e. The Morgan fingerprint density at radius 1 is 1.12 bits per heavy atom. The number of nitrogens with one attached hydrogen (secondary N) is 1. The van der Waals surface area contributed by atoms with Gasteiger partial charge in [-0.2, -0.15) is 0 Å². The molecule has 0 spiro atoms. The molecule has 7 heteroatoms. The first-order valence-electron chi connectivity index (χ1n) is 7.66. The van der Waals surface area contributed by atoms with Gasteiger partial charge in [0, 0.05) is 5.56 Å². The van der Waals surface area contributed by atoms with Gasteiger partial charge in [0.2, 0.25) is 11.8 Å². The van der Waals surface area contributed by atoms with Crippen molar-refractivity contribution >= 4 is 6.09 Å². The minimum Gasteiger partial charge on any atom is -0.497 e. The second-order valence-corrected chi connectivity index (χ2v) is 5.15. The van der Waals surface area contributed by atoms with Crippen molar-refractivity contribution in [2.45, 2.75) is 13.2 Å². The van der Waals surface area contributed by atoms with Crippen molar-refractivity contribution in [3.8, 4) is 17.2 Å². The summed E-state index contributed by atoms with van der Waals surface area (Å²) in [6, 6.07) is 16.7. The number of methoxy groups -OCH3 is 1. The van der Waals surface area contributed by atoms with E-state index in [9.17, 15) is 4.79 Å². The number of nitrogens with zero attached hydrogens (tertiary/aromatic N) is 2. The van der Waals surface area contributed by atoms with Gasteiger partial charge >= 0.3 is 6.09 Å². The molecule has 1 amide bonds. The molecule has 0 bridgehead atoms. The zero-order chi connectivity index (χ0) is 17.5. The fourth-order valence-electron chi connectivity index (χ4n) is 2.12. The molecule has 0 unspecified atom stereocenters. The molecular formula is C18H17N3O4. The van der Waals surface area contributed by atoms with Crippen LogP contribution in [0, 0.1) is 0 Å². The van der Waals surface area contributed by atoms with Crippen molar-refractivity contribution in [3.63, 3.8) is 0 Å². The highest BCUT2D eigenvalue weighted by atomic mass is 16.5. The fraction of sp³-hybridized carbons (Fsp3) is 0.167. The lowest BCUT2D eigenvalue weighted by molar-refractivity contribution is 0.138. The molecule has 0 saturated heterocycles. The molecule has 0 aliphatic heterocycles. The Kier molecular flexibility index (Phi) is 5.26. The topological polar surface area (TPSA) is 86.5 Å². The molecule has 3 rings (SSSR count). The van der Waals surface area contributed by atoms with Gasteiger partial charge in [-0.3, -0.25) is 0 Å². The van der Waals surface area contributed by atoms with Crippen LogP contribution in [0.5, 0.6) is 5.75 Å². The first-order valence-corrected chi connectivity index (χ1v) is 7.66. The summed E-state index contributed by atoms with van der Waals surface area (Å²) in [6.45, 7) is 0.288. The van der Waals surface area contributed by atoms with Crippen LogP contribution < -0.4 is 10.1 Å². The average Bonchev–Trinajstić information content (AvgIpc) is 3.15. The number of ether oxygens (including phenoxy) is 2. The van der Waals surface area contributed by atoms with E-state index in [4.69, 9.17) is 13.9 Å². The van der Waals surface area contributed by atoms with Gasteiger partial charge in [-0.15, -0.1) is 10.2 Å². The molecule has 128 valence electrons. The minimum atomic E-state index is -0.551. The van der Waals surface area contributed by atoms with Crippen LogP contribution in [0.15, 0.2) is 59.0 Å². The van der Waals surface area contributed by atoms with Gasteiger partial charge in [-0.25, -0.2) is 4.79 Å². The van der Waals surface area contributed by atoms with Gasteiger partial charge in [-0.1, -0.05) is 36.4 Å². The van der Waals surface area contributed by atoms with E-state index < -0.39 is 6.09 Å². The lowest BCUT2D eigenvalue weighted by Gasteiger charge is -2.05. The Labute approximate surface area is 144 Å². The standard InChI is InChI=1S/C18H17N3O4/c1-23-15-9-5-8-14(10-15)17-21-20-16(25-17)11-19-18(22)24-12-13-6-3-2-4-7-13/h2-10H,11-12H2,1H3,(H,19,22). The zero-order valence-electron chi connectivity index (χ0n) is 13.6.